The van der Waals surface area contributed by atoms with Crippen LogP contribution in [0.3, 0.4) is 0 Å². The normalized spacial score (nSPS) is 12.6. The molecule has 0 aliphatic heterocycles. The van der Waals surface area contributed by atoms with Gasteiger partial charge in [0.2, 0.25) is 15.9 Å². The van der Waals surface area contributed by atoms with Gasteiger partial charge >= 0.3 is 0 Å². The highest BCUT2D eigenvalue weighted by Gasteiger charge is 2.24. The van der Waals surface area contributed by atoms with Gasteiger partial charge in [-0.15, -0.1) is 0 Å². The van der Waals surface area contributed by atoms with Crippen LogP contribution in [0.2, 0.25) is 0 Å². The standard InChI is InChI=1S/C17H28N2O4S/c1-4-6-7-8-13-18-17(20)16(5-2)19-24(21,22)15-11-9-14(23-3)10-12-15/h9-12,16,19H,4-8,13H2,1-3H3,(H,18,20)/t16-/m0/s1. The fourth-order valence-electron chi connectivity index (χ4n) is 2.22. The lowest BCUT2D eigenvalue weighted by Gasteiger charge is -2.17. The minimum absolute atomic E-state index is 0.109. The van der Waals surface area contributed by atoms with Crippen molar-refractivity contribution in [2.75, 3.05) is 13.7 Å². The Morgan fingerprint density at radius 1 is 1.12 bits per heavy atom. The van der Waals surface area contributed by atoms with Crippen LogP contribution in [-0.4, -0.2) is 34.0 Å². The number of ether oxygens (including phenoxy) is 1. The quantitative estimate of drug-likeness (QED) is 0.597. The second-order valence-corrected chi connectivity index (χ2v) is 7.32. The first-order chi connectivity index (χ1) is 11.4. The number of unbranched alkanes of at least 4 members (excludes halogenated alkanes) is 3. The SMILES string of the molecule is CCCCCCNC(=O)[C@H](CC)NS(=O)(=O)c1ccc(OC)cc1. The lowest BCUT2D eigenvalue weighted by molar-refractivity contribution is -0.122. The average molecular weight is 356 g/mol. The van der Waals surface area contributed by atoms with E-state index in [1.54, 1.807) is 19.1 Å². The molecule has 0 fully saturated rings. The summed E-state index contributed by atoms with van der Waals surface area (Å²) in [5, 5.41) is 2.80. The number of amides is 1. The fraction of sp³-hybridized carbons (Fsp3) is 0.588. The smallest absolute Gasteiger partial charge is 0.241 e. The Hall–Kier alpha value is -1.60. The lowest BCUT2D eigenvalue weighted by Crippen LogP contribution is -2.46. The zero-order valence-electron chi connectivity index (χ0n) is 14.7. The zero-order chi connectivity index (χ0) is 18.0. The van der Waals surface area contributed by atoms with Crippen LogP contribution >= 0.6 is 0 Å². The van der Waals surface area contributed by atoms with Crippen LogP contribution in [0.4, 0.5) is 0 Å². The monoisotopic (exact) mass is 356 g/mol. The van der Waals surface area contributed by atoms with Crippen molar-refractivity contribution in [3.8, 4) is 5.75 Å². The van der Waals surface area contributed by atoms with E-state index in [1.807, 2.05) is 0 Å². The molecular formula is C17H28N2O4S. The molecule has 0 unspecified atom stereocenters. The molecule has 136 valence electrons. The van der Waals surface area contributed by atoms with Crippen molar-refractivity contribution in [1.82, 2.24) is 10.0 Å². The third kappa shape index (κ3) is 6.49. The highest BCUT2D eigenvalue weighted by atomic mass is 32.2. The second-order valence-electron chi connectivity index (χ2n) is 5.61. The van der Waals surface area contributed by atoms with Gasteiger partial charge in [0, 0.05) is 6.54 Å². The Bertz CT molecular complexity index is 600. The molecule has 0 aliphatic carbocycles. The number of sulfonamides is 1. The van der Waals surface area contributed by atoms with E-state index in [0.29, 0.717) is 18.7 Å². The van der Waals surface area contributed by atoms with E-state index in [-0.39, 0.29) is 10.8 Å². The Kier molecular flexibility index (Phi) is 8.78. The first-order valence-electron chi connectivity index (χ1n) is 8.38. The van der Waals surface area contributed by atoms with Crippen molar-refractivity contribution in [3.63, 3.8) is 0 Å². The van der Waals surface area contributed by atoms with E-state index < -0.39 is 16.1 Å². The minimum Gasteiger partial charge on any atom is -0.497 e. The van der Waals surface area contributed by atoms with Gasteiger partial charge in [0.25, 0.3) is 0 Å². The van der Waals surface area contributed by atoms with Crippen molar-refractivity contribution < 1.29 is 17.9 Å². The summed E-state index contributed by atoms with van der Waals surface area (Å²) in [4.78, 5) is 12.3. The number of hydrogen-bond donors (Lipinski definition) is 2. The third-order valence-corrected chi connectivity index (χ3v) is 5.21. The molecule has 24 heavy (non-hydrogen) atoms. The highest BCUT2D eigenvalue weighted by Crippen LogP contribution is 2.16. The summed E-state index contributed by atoms with van der Waals surface area (Å²) in [7, 11) is -2.23. The van der Waals surface area contributed by atoms with Crippen molar-refractivity contribution in [2.24, 2.45) is 0 Å². The maximum Gasteiger partial charge on any atom is 0.241 e. The van der Waals surface area contributed by atoms with Crippen molar-refractivity contribution in [3.05, 3.63) is 24.3 Å². The number of methoxy groups -OCH3 is 1. The second kappa shape index (κ2) is 10.3. The van der Waals surface area contributed by atoms with Crippen LogP contribution in [-0.2, 0) is 14.8 Å². The summed E-state index contributed by atoms with van der Waals surface area (Å²) in [6, 6.07) is 5.28. The predicted octanol–water partition coefficient (Wildman–Crippen LogP) is 2.45. The van der Waals surface area contributed by atoms with Crippen LogP contribution in [0.1, 0.15) is 46.0 Å². The van der Waals surface area contributed by atoms with Gasteiger partial charge in [-0.3, -0.25) is 4.79 Å². The summed E-state index contributed by atoms with van der Waals surface area (Å²) in [5.41, 5.74) is 0. The summed E-state index contributed by atoms with van der Waals surface area (Å²) < 4.78 is 32.3. The van der Waals surface area contributed by atoms with Crippen LogP contribution < -0.4 is 14.8 Å². The minimum atomic E-state index is -3.75. The number of carbonyl (C=O) groups excluding carboxylic acids is 1. The first kappa shape index (κ1) is 20.4. The molecule has 0 heterocycles. The molecule has 1 rings (SSSR count). The van der Waals surface area contributed by atoms with E-state index in [0.717, 1.165) is 25.7 Å². The van der Waals surface area contributed by atoms with Gasteiger partial charge in [-0.2, -0.15) is 4.72 Å². The van der Waals surface area contributed by atoms with Crippen LogP contribution in [0.15, 0.2) is 29.2 Å². The molecule has 0 aromatic heterocycles. The average Bonchev–Trinajstić information content (AvgIpc) is 2.59. The van der Waals surface area contributed by atoms with E-state index >= 15 is 0 Å². The van der Waals surface area contributed by atoms with Crippen LogP contribution in [0.25, 0.3) is 0 Å². The molecule has 1 atom stereocenters. The summed E-state index contributed by atoms with van der Waals surface area (Å²) in [5.74, 6) is 0.289. The van der Waals surface area contributed by atoms with Crippen LogP contribution in [0, 0.1) is 0 Å². The molecule has 6 nitrogen and oxygen atoms in total. The largest absolute Gasteiger partial charge is 0.497 e. The van der Waals surface area contributed by atoms with Gasteiger partial charge in [-0.1, -0.05) is 33.1 Å². The van der Waals surface area contributed by atoms with Crippen LogP contribution in [0.5, 0.6) is 5.75 Å². The molecule has 0 radical (unpaired) electrons. The fourth-order valence-corrected chi connectivity index (χ4v) is 3.50. The van der Waals surface area contributed by atoms with E-state index in [2.05, 4.69) is 17.0 Å². The van der Waals surface area contributed by atoms with Gasteiger partial charge in [-0.05, 0) is 37.1 Å². The first-order valence-corrected chi connectivity index (χ1v) is 9.87. The Morgan fingerprint density at radius 3 is 2.33 bits per heavy atom. The lowest BCUT2D eigenvalue weighted by atomic mass is 10.2. The van der Waals surface area contributed by atoms with Gasteiger partial charge < -0.3 is 10.1 Å². The number of hydrogen-bond acceptors (Lipinski definition) is 4. The number of benzene rings is 1. The highest BCUT2D eigenvalue weighted by molar-refractivity contribution is 7.89. The zero-order valence-corrected chi connectivity index (χ0v) is 15.5. The van der Waals surface area contributed by atoms with E-state index in [1.165, 1.54) is 19.2 Å². The predicted molar refractivity (Wildman–Crippen MR) is 94.5 cm³/mol. The summed E-state index contributed by atoms with van der Waals surface area (Å²) in [6.45, 7) is 4.47. The topological polar surface area (TPSA) is 84.5 Å². The van der Waals surface area contributed by atoms with Gasteiger partial charge in [0.05, 0.1) is 12.0 Å². The molecule has 0 spiro atoms. The Morgan fingerprint density at radius 2 is 1.79 bits per heavy atom. The maximum atomic E-state index is 12.4. The number of rotatable bonds is 11. The van der Waals surface area contributed by atoms with Gasteiger partial charge in [-0.25, -0.2) is 8.42 Å². The third-order valence-electron chi connectivity index (χ3n) is 3.72. The summed E-state index contributed by atoms with van der Waals surface area (Å²) in [6.07, 6.45) is 4.62. The summed E-state index contributed by atoms with van der Waals surface area (Å²) >= 11 is 0. The molecule has 0 saturated carbocycles. The van der Waals surface area contributed by atoms with Gasteiger partial charge in [0.15, 0.2) is 0 Å². The Balaban J connectivity index is 2.62. The van der Waals surface area contributed by atoms with Crippen molar-refractivity contribution >= 4 is 15.9 Å². The van der Waals surface area contributed by atoms with E-state index in [9.17, 15) is 13.2 Å². The molecule has 1 amide bonds. The molecule has 1 aromatic rings. The number of nitrogens with one attached hydrogen (secondary N) is 2. The Labute approximate surface area is 145 Å². The molecule has 0 bridgehead atoms. The van der Waals surface area contributed by atoms with Gasteiger partial charge in [0.1, 0.15) is 11.8 Å². The molecule has 7 heteroatoms. The van der Waals surface area contributed by atoms with Crippen molar-refractivity contribution in [1.29, 1.82) is 0 Å². The van der Waals surface area contributed by atoms with E-state index in [4.69, 9.17) is 4.74 Å². The van der Waals surface area contributed by atoms with Crippen molar-refractivity contribution in [2.45, 2.75) is 56.9 Å². The molecular weight excluding hydrogens is 328 g/mol. The maximum absolute atomic E-state index is 12.4. The number of carbonyl (C=O) groups is 1. The molecule has 2 N–H and O–H groups in total. The molecule has 0 saturated heterocycles. The molecule has 1 aromatic carbocycles. The molecule has 0 aliphatic rings.